The molecule has 0 aliphatic heterocycles. The van der Waals surface area contributed by atoms with Gasteiger partial charge in [0.05, 0.1) is 0 Å². The van der Waals surface area contributed by atoms with Gasteiger partial charge in [0, 0.05) is 13.6 Å². The lowest BCUT2D eigenvalue weighted by atomic mass is 10.1. The first-order valence-electron chi connectivity index (χ1n) is 6.05. The number of carboxylic acids is 1. The normalized spacial score (nSPS) is 10.9. The van der Waals surface area contributed by atoms with Gasteiger partial charge in [-0.25, -0.2) is 9.59 Å². The summed E-state index contributed by atoms with van der Waals surface area (Å²) in [5, 5.41) is 11.8. The molecule has 0 saturated carbocycles. The van der Waals surface area contributed by atoms with Crippen molar-refractivity contribution in [3.05, 3.63) is 35.4 Å². The molecule has 2 amide bonds. The lowest BCUT2D eigenvalue weighted by Gasteiger charge is -2.31. The fraction of sp³-hybridized carbons (Fsp3) is 0.429. The van der Waals surface area contributed by atoms with Crippen molar-refractivity contribution in [1.29, 1.82) is 0 Å². The minimum absolute atomic E-state index is 0.376. The van der Waals surface area contributed by atoms with Crippen molar-refractivity contribution in [2.45, 2.75) is 32.9 Å². The molecule has 0 spiro atoms. The van der Waals surface area contributed by atoms with E-state index in [0.29, 0.717) is 6.54 Å². The molecule has 0 radical (unpaired) electrons. The summed E-state index contributed by atoms with van der Waals surface area (Å²) in [6.45, 7) is 5.33. The molecule has 0 aromatic heterocycles. The van der Waals surface area contributed by atoms with Crippen molar-refractivity contribution in [3.8, 4) is 0 Å². The van der Waals surface area contributed by atoms with E-state index in [9.17, 15) is 9.59 Å². The third-order valence-corrected chi connectivity index (χ3v) is 3.19. The Morgan fingerprint density at radius 2 is 2.00 bits per heavy atom. The first-order chi connectivity index (χ1) is 8.75. The molecule has 0 fully saturated rings. The monoisotopic (exact) mass is 264 g/mol. The third kappa shape index (κ3) is 3.71. The number of benzene rings is 1. The van der Waals surface area contributed by atoms with Gasteiger partial charge < -0.3 is 15.3 Å². The van der Waals surface area contributed by atoms with Crippen molar-refractivity contribution in [1.82, 2.24) is 10.2 Å². The van der Waals surface area contributed by atoms with Crippen LogP contribution in [0.1, 0.15) is 25.0 Å². The number of carbonyl (C=O) groups excluding carboxylic acids is 1. The van der Waals surface area contributed by atoms with E-state index in [1.807, 2.05) is 31.2 Å². The third-order valence-electron chi connectivity index (χ3n) is 3.19. The van der Waals surface area contributed by atoms with Gasteiger partial charge in [-0.05, 0) is 26.3 Å². The molecule has 1 aromatic rings. The Hall–Kier alpha value is -2.04. The average molecular weight is 264 g/mol. The number of nitrogens with zero attached hydrogens (tertiary/aromatic N) is 1. The standard InChI is InChI=1S/C14H20N2O3/c1-10-6-5-7-11(8-10)9-15-13(19)16(4)14(2,3)12(17)18/h5-8H,9H2,1-4H3,(H,15,19)(H,17,18). The van der Waals surface area contributed by atoms with Crippen molar-refractivity contribution in [3.63, 3.8) is 0 Å². The second kappa shape index (κ2) is 5.73. The molecule has 0 aliphatic rings. The Balaban J connectivity index is 2.63. The number of nitrogens with one attached hydrogen (secondary N) is 1. The molecular formula is C14H20N2O3. The molecule has 0 bridgehead atoms. The Morgan fingerprint density at radius 3 is 2.53 bits per heavy atom. The Morgan fingerprint density at radius 1 is 1.37 bits per heavy atom. The minimum atomic E-state index is -1.24. The summed E-state index contributed by atoms with van der Waals surface area (Å²) in [4.78, 5) is 24.2. The number of likely N-dealkylation sites (N-methyl/N-ethyl adjacent to an activating group) is 1. The predicted molar refractivity (Wildman–Crippen MR) is 72.9 cm³/mol. The Bertz CT molecular complexity index is 483. The topological polar surface area (TPSA) is 69.6 Å². The average Bonchev–Trinajstić information content (AvgIpc) is 2.34. The van der Waals surface area contributed by atoms with Crippen LogP contribution in [0.2, 0.25) is 0 Å². The summed E-state index contributed by atoms with van der Waals surface area (Å²) in [6, 6.07) is 7.37. The molecule has 19 heavy (non-hydrogen) atoms. The molecule has 104 valence electrons. The van der Waals surface area contributed by atoms with E-state index in [1.165, 1.54) is 25.8 Å². The first-order valence-corrected chi connectivity index (χ1v) is 6.05. The zero-order chi connectivity index (χ0) is 14.6. The lowest BCUT2D eigenvalue weighted by molar-refractivity contribution is -0.146. The van der Waals surface area contributed by atoms with Gasteiger partial charge in [0.1, 0.15) is 5.54 Å². The van der Waals surface area contributed by atoms with Crippen LogP contribution in [0.5, 0.6) is 0 Å². The van der Waals surface area contributed by atoms with Crippen molar-refractivity contribution >= 4 is 12.0 Å². The molecule has 1 rings (SSSR count). The summed E-state index contributed by atoms with van der Waals surface area (Å²) in [7, 11) is 1.47. The van der Waals surface area contributed by atoms with Crippen LogP contribution in [0.3, 0.4) is 0 Å². The van der Waals surface area contributed by atoms with Crippen LogP contribution in [-0.4, -0.2) is 34.6 Å². The molecule has 0 atom stereocenters. The highest BCUT2D eigenvalue weighted by Gasteiger charge is 2.35. The van der Waals surface area contributed by atoms with Gasteiger partial charge in [-0.15, -0.1) is 0 Å². The number of carbonyl (C=O) groups is 2. The highest BCUT2D eigenvalue weighted by molar-refractivity contribution is 5.85. The van der Waals surface area contributed by atoms with E-state index in [2.05, 4.69) is 5.32 Å². The Labute approximate surface area is 113 Å². The van der Waals surface area contributed by atoms with Crippen LogP contribution < -0.4 is 5.32 Å². The van der Waals surface area contributed by atoms with E-state index in [-0.39, 0.29) is 0 Å². The van der Waals surface area contributed by atoms with E-state index in [0.717, 1.165) is 11.1 Å². The number of aliphatic carboxylic acids is 1. The van der Waals surface area contributed by atoms with Gasteiger partial charge in [-0.3, -0.25) is 0 Å². The van der Waals surface area contributed by atoms with Gasteiger partial charge in [-0.2, -0.15) is 0 Å². The van der Waals surface area contributed by atoms with Crippen molar-refractivity contribution in [2.24, 2.45) is 0 Å². The molecule has 5 nitrogen and oxygen atoms in total. The molecule has 2 N–H and O–H groups in total. The summed E-state index contributed by atoms with van der Waals surface area (Å²) in [5.74, 6) is -1.04. The van der Waals surface area contributed by atoms with E-state index in [4.69, 9.17) is 5.11 Å². The summed E-state index contributed by atoms with van der Waals surface area (Å²) >= 11 is 0. The van der Waals surface area contributed by atoms with Gasteiger partial charge in [0.25, 0.3) is 0 Å². The van der Waals surface area contributed by atoms with Crippen molar-refractivity contribution in [2.75, 3.05) is 7.05 Å². The Kier molecular flexibility index (Phi) is 4.53. The molecule has 1 aromatic carbocycles. The van der Waals surface area contributed by atoms with Crippen LogP contribution in [0.4, 0.5) is 4.79 Å². The number of hydrogen-bond acceptors (Lipinski definition) is 2. The van der Waals surface area contributed by atoms with Gasteiger partial charge in [0.15, 0.2) is 0 Å². The zero-order valence-electron chi connectivity index (χ0n) is 11.7. The van der Waals surface area contributed by atoms with Gasteiger partial charge >= 0.3 is 12.0 Å². The molecule has 5 heteroatoms. The maximum atomic E-state index is 11.9. The van der Waals surface area contributed by atoms with Gasteiger partial charge in [0.2, 0.25) is 0 Å². The molecule has 0 heterocycles. The highest BCUT2D eigenvalue weighted by Crippen LogP contribution is 2.12. The number of carboxylic acid groups (broad SMARTS) is 1. The highest BCUT2D eigenvalue weighted by atomic mass is 16.4. The number of urea groups is 1. The second-order valence-electron chi connectivity index (χ2n) is 5.07. The van der Waals surface area contributed by atoms with Crippen LogP contribution in [0.15, 0.2) is 24.3 Å². The first kappa shape index (κ1) is 15.0. The number of amides is 2. The van der Waals surface area contributed by atoms with E-state index < -0.39 is 17.5 Å². The SMILES string of the molecule is Cc1cccc(CNC(=O)N(C)C(C)(C)C(=O)O)c1. The van der Waals surface area contributed by atoms with Crippen LogP contribution in [-0.2, 0) is 11.3 Å². The number of rotatable bonds is 4. The van der Waals surface area contributed by atoms with Gasteiger partial charge in [-0.1, -0.05) is 29.8 Å². The van der Waals surface area contributed by atoms with E-state index >= 15 is 0 Å². The molecule has 0 aliphatic carbocycles. The summed E-state index contributed by atoms with van der Waals surface area (Å²) in [6.07, 6.45) is 0. The van der Waals surface area contributed by atoms with Crippen LogP contribution in [0, 0.1) is 6.92 Å². The summed E-state index contributed by atoms with van der Waals surface area (Å²) < 4.78 is 0. The number of hydrogen-bond donors (Lipinski definition) is 2. The van der Waals surface area contributed by atoms with Crippen LogP contribution >= 0.6 is 0 Å². The fourth-order valence-corrected chi connectivity index (χ4v) is 1.52. The van der Waals surface area contributed by atoms with Crippen LogP contribution in [0.25, 0.3) is 0 Å². The minimum Gasteiger partial charge on any atom is -0.480 e. The maximum absolute atomic E-state index is 11.9. The smallest absolute Gasteiger partial charge is 0.329 e. The predicted octanol–water partition coefficient (Wildman–Crippen LogP) is 2.00. The van der Waals surface area contributed by atoms with E-state index in [1.54, 1.807) is 0 Å². The molecular weight excluding hydrogens is 244 g/mol. The summed E-state index contributed by atoms with van der Waals surface area (Å²) in [5.41, 5.74) is 0.859. The maximum Gasteiger partial charge on any atom is 0.329 e. The fourth-order valence-electron chi connectivity index (χ4n) is 1.52. The molecule has 0 unspecified atom stereocenters. The van der Waals surface area contributed by atoms with Crippen molar-refractivity contribution < 1.29 is 14.7 Å². The molecule has 0 saturated heterocycles. The second-order valence-corrected chi connectivity index (χ2v) is 5.07. The quantitative estimate of drug-likeness (QED) is 0.874. The largest absolute Gasteiger partial charge is 0.480 e. The lowest BCUT2D eigenvalue weighted by Crippen LogP contribution is -2.53. The number of aryl methyl sites for hydroxylation is 1. The zero-order valence-corrected chi connectivity index (χ0v) is 11.7.